The van der Waals surface area contributed by atoms with E-state index in [-0.39, 0.29) is 11.9 Å². The van der Waals surface area contributed by atoms with E-state index in [9.17, 15) is 14.7 Å². The predicted octanol–water partition coefficient (Wildman–Crippen LogP) is 3.30. The van der Waals surface area contributed by atoms with Crippen molar-refractivity contribution in [2.45, 2.75) is 51.4 Å². The second-order valence-electron chi connectivity index (χ2n) is 8.41. The van der Waals surface area contributed by atoms with Crippen LogP contribution in [-0.4, -0.2) is 40.3 Å². The first-order valence-electron chi connectivity index (χ1n) is 9.61. The molecule has 28 heavy (non-hydrogen) atoms. The van der Waals surface area contributed by atoms with Gasteiger partial charge in [-0.25, -0.2) is 0 Å². The largest absolute Gasteiger partial charge is 0.480 e. The van der Waals surface area contributed by atoms with Crippen LogP contribution >= 0.6 is 0 Å². The number of aliphatic carboxylic acids is 1. The smallest absolute Gasteiger partial charge is 0.325 e. The van der Waals surface area contributed by atoms with E-state index >= 15 is 0 Å². The van der Waals surface area contributed by atoms with Crippen molar-refractivity contribution in [1.82, 2.24) is 4.90 Å². The molecular formula is C22H28N2O4. The van der Waals surface area contributed by atoms with Gasteiger partial charge in [-0.1, -0.05) is 36.4 Å². The molecule has 0 radical (unpaired) electrons. The molecule has 3 rings (SSSR count). The van der Waals surface area contributed by atoms with E-state index in [1.54, 1.807) is 4.90 Å². The highest BCUT2D eigenvalue weighted by atomic mass is 16.6. The van der Waals surface area contributed by atoms with Crippen LogP contribution in [0.15, 0.2) is 42.5 Å². The van der Waals surface area contributed by atoms with Gasteiger partial charge in [0.05, 0.1) is 12.1 Å². The van der Waals surface area contributed by atoms with E-state index in [0.717, 1.165) is 10.8 Å². The van der Waals surface area contributed by atoms with Gasteiger partial charge in [-0.2, -0.15) is 0 Å². The predicted molar refractivity (Wildman–Crippen MR) is 108 cm³/mol. The van der Waals surface area contributed by atoms with Gasteiger partial charge in [0.2, 0.25) is 0 Å². The van der Waals surface area contributed by atoms with Crippen LogP contribution in [0.4, 0.5) is 0 Å². The highest BCUT2D eigenvalue weighted by molar-refractivity contribution is 5.85. The molecule has 1 fully saturated rings. The summed E-state index contributed by atoms with van der Waals surface area (Å²) < 4.78 is 5.47. The third-order valence-electron chi connectivity index (χ3n) is 5.08. The molecule has 0 aromatic heterocycles. The Labute approximate surface area is 165 Å². The zero-order valence-electron chi connectivity index (χ0n) is 16.6. The number of nitrogens with zero attached hydrogens (tertiary/aromatic N) is 1. The normalized spacial score (nSPS) is 22.0. The summed E-state index contributed by atoms with van der Waals surface area (Å²) in [6.45, 7) is 5.93. The van der Waals surface area contributed by atoms with Gasteiger partial charge in [0.15, 0.2) is 0 Å². The third kappa shape index (κ3) is 4.51. The fourth-order valence-electron chi connectivity index (χ4n) is 3.79. The zero-order chi connectivity index (χ0) is 20.5. The number of benzene rings is 2. The van der Waals surface area contributed by atoms with Crippen molar-refractivity contribution in [3.63, 3.8) is 0 Å². The van der Waals surface area contributed by atoms with Gasteiger partial charge in [-0.05, 0) is 56.0 Å². The maximum atomic E-state index is 12.4. The van der Waals surface area contributed by atoms with Gasteiger partial charge in [0.1, 0.15) is 11.6 Å². The van der Waals surface area contributed by atoms with Crippen molar-refractivity contribution in [2.24, 2.45) is 11.7 Å². The fraction of sp³-hybridized carbons (Fsp3) is 0.455. The molecule has 0 saturated carbocycles. The first-order valence-corrected chi connectivity index (χ1v) is 9.61. The number of carboxylic acids is 1. The Kier molecular flexibility index (Phi) is 5.72. The second kappa shape index (κ2) is 7.89. The first kappa shape index (κ1) is 20.3. The standard InChI is InChI=1S/C22H28N2O4/c1-22(2,3)28-21(27)17-10-11-24(18(23)13-17)19(20(25)26)16-9-8-14-6-4-5-7-15(14)12-16/h4-9,12,17-19H,10-11,13,23H2,1-3H3,(H,25,26)/t17-,18+,19-/m0/s1. The topological polar surface area (TPSA) is 92.9 Å². The number of nitrogens with two attached hydrogens (primary N) is 1. The number of hydrogen-bond donors (Lipinski definition) is 2. The lowest BCUT2D eigenvalue weighted by atomic mass is 9.91. The molecule has 1 aliphatic rings. The second-order valence-corrected chi connectivity index (χ2v) is 8.41. The lowest BCUT2D eigenvalue weighted by Gasteiger charge is -2.40. The summed E-state index contributed by atoms with van der Waals surface area (Å²) >= 11 is 0. The summed E-state index contributed by atoms with van der Waals surface area (Å²) in [7, 11) is 0. The Hall–Kier alpha value is -2.44. The number of carbonyl (C=O) groups is 2. The average Bonchev–Trinajstić information content (AvgIpc) is 2.61. The van der Waals surface area contributed by atoms with E-state index in [2.05, 4.69) is 0 Å². The monoisotopic (exact) mass is 384 g/mol. The molecule has 1 heterocycles. The Bertz CT molecular complexity index is 874. The SMILES string of the molecule is CC(C)(C)OC(=O)[C@H]1CCN([C@H](C(=O)O)c2ccc3ccccc3c2)[C@@H](N)C1. The van der Waals surface area contributed by atoms with Crippen molar-refractivity contribution >= 4 is 22.7 Å². The van der Waals surface area contributed by atoms with Crippen molar-refractivity contribution in [3.8, 4) is 0 Å². The minimum absolute atomic E-state index is 0.264. The third-order valence-corrected chi connectivity index (χ3v) is 5.08. The molecule has 3 atom stereocenters. The highest BCUT2D eigenvalue weighted by Gasteiger charge is 2.38. The number of likely N-dealkylation sites (tertiary alicyclic amines) is 1. The summed E-state index contributed by atoms with van der Waals surface area (Å²) in [5, 5.41) is 12.0. The number of carbonyl (C=O) groups excluding carboxylic acids is 1. The number of esters is 1. The summed E-state index contributed by atoms with van der Waals surface area (Å²) in [5.74, 6) is -1.52. The highest BCUT2D eigenvalue weighted by Crippen LogP contribution is 2.32. The number of ether oxygens (including phenoxy) is 1. The van der Waals surface area contributed by atoms with Crippen LogP contribution in [0.5, 0.6) is 0 Å². The molecule has 3 N–H and O–H groups in total. The van der Waals surface area contributed by atoms with Crippen molar-refractivity contribution in [3.05, 3.63) is 48.0 Å². The summed E-state index contributed by atoms with van der Waals surface area (Å²) in [4.78, 5) is 26.2. The van der Waals surface area contributed by atoms with Gasteiger partial charge in [0.25, 0.3) is 0 Å². The molecule has 6 heteroatoms. The van der Waals surface area contributed by atoms with E-state index in [1.807, 2.05) is 63.2 Å². The Morgan fingerprint density at radius 1 is 1.18 bits per heavy atom. The van der Waals surface area contributed by atoms with Crippen LogP contribution < -0.4 is 5.73 Å². The van der Waals surface area contributed by atoms with Crippen LogP contribution in [0.1, 0.15) is 45.2 Å². The van der Waals surface area contributed by atoms with Gasteiger partial charge in [-0.3, -0.25) is 14.5 Å². The van der Waals surface area contributed by atoms with Crippen molar-refractivity contribution in [1.29, 1.82) is 0 Å². The van der Waals surface area contributed by atoms with E-state index in [4.69, 9.17) is 10.5 Å². The number of hydrogen-bond acceptors (Lipinski definition) is 5. The minimum atomic E-state index is -0.943. The quantitative estimate of drug-likeness (QED) is 0.786. The zero-order valence-corrected chi connectivity index (χ0v) is 16.6. The van der Waals surface area contributed by atoms with E-state index in [1.165, 1.54) is 0 Å². The van der Waals surface area contributed by atoms with Crippen LogP contribution in [0.3, 0.4) is 0 Å². The molecule has 0 bridgehead atoms. The molecule has 0 spiro atoms. The van der Waals surface area contributed by atoms with Crippen molar-refractivity contribution < 1.29 is 19.4 Å². The lowest BCUT2D eigenvalue weighted by Crippen LogP contribution is -2.52. The summed E-state index contributed by atoms with van der Waals surface area (Å²) in [6.07, 6.45) is 0.380. The Morgan fingerprint density at radius 3 is 2.46 bits per heavy atom. The maximum absolute atomic E-state index is 12.4. The molecule has 0 aliphatic carbocycles. The van der Waals surface area contributed by atoms with Crippen LogP contribution in [-0.2, 0) is 14.3 Å². The molecule has 2 aromatic rings. The number of carboxylic acid groups (broad SMARTS) is 1. The number of fused-ring (bicyclic) bond motifs is 1. The van der Waals surface area contributed by atoms with Crippen molar-refractivity contribution in [2.75, 3.05) is 6.54 Å². The minimum Gasteiger partial charge on any atom is -0.480 e. The lowest BCUT2D eigenvalue weighted by molar-refractivity contribution is -0.163. The molecule has 0 amide bonds. The van der Waals surface area contributed by atoms with Crippen LogP contribution in [0.25, 0.3) is 10.8 Å². The Balaban J connectivity index is 1.79. The Morgan fingerprint density at radius 2 is 1.86 bits per heavy atom. The molecule has 1 aliphatic heterocycles. The fourth-order valence-corrected chi connectivity index (χ4v) is 3.79. The molecule has 2 aromatic carbocycles. The van der Waals surface area contributed by atoms with Crippen LogP contribution in [0.2, 0.25) is 0 Å². The first-order chi connectivity index (χ1) is 13.2. The summed E-state index contributed by atoms with van der Waals surface area (Å²) in [5.41, 5.74) is 6.46. The average molecular weight is 384 g/mol. The van der Waals surface area contributed by atoms with Gasteiger partial charge < -0.3 is 15.6 Å². The van der Waals surface area contributed by atoms with Crippen LogP contribution in [0, 0.1) is 5.92 Å². The van der Waals surface area contributed by atoms with Gasteiger partial charge in [0, 0.05) is 6.54 Å². The molecule has 6 nitrogen and oxygen atoms in total. The summed E-state index contributed by atoms with van der Waals surface area (Å²) in [6, 6.07) is 12.7. The van der Waals surface area contributed by atoms with E-state index < -0.39 is 23.8 Å². The van der Waals surface area contributed by atoms with E-state index in [0.29, 0.717) is 24.9 Å². The number of rotatable bonds is 4. The van der Waals surface area contributed by atoms with Gasteiger partial charge in [-0.15, -0.1) is 0 Å². The maximum Gasteiger partial charge on any atom is 0.325 e. The molecule has 150 valence electrons. The molecule has 0 unspecified atom stereocenters. The van der Waals surface area contributed by atoms with Gasteiger partial charge >= 0.3 is 11.9 Å². The molecular weight excluding hydrogens is 356 g/mol. The molecule has 1 saturated heterocycles. The number of piperidine rings is 1.